The predicted octanol–water partition coefficient (Wildman–Crippen LogP) is 13.9. The molecular formula is C51H30N4OS. The van der Waals surface area contributed by atoms with Crippen molar-refractivity contribution in [3.8, 4) is 51.0 Å². The summed E-state index contributed by atoms with van der Waals surface area (Å²) in [4.78, 5) is 14.8. The van der Waals surface area contributed by atoms with Gasteiger partial charge in [-0.2, -0.15) is 0 Å². The van der Waals surface area contributed by atoms with E-state index in [9.17, 15) is 0 Å². The number of benzene rings is 8. The van der Waals surface area contributed by atoms with Crippen LogP contribution in [0.2, 0.25) is 0 Å². The van der Waals surface area contributed by atoms with E-state index >= 15 is 0 Å². The molecule has 0 N–H and O–H groups in total. The lowest BCUT2D eigenvalue weighted by Crippen LogP contribution is -2.00. The first-order valence-corrected chi connectivity index (χ1v) is 19.8. The standard InChI is InChI=1S/C51H30N4OS/c1-3-13-31(14-4-1)49-52-50(32-15-5-2-6-16-32)54-51(53-49)34-26-28-39-38-27-25-33(29-45(38)56-46(39)30-34)35-19-11-20-40-41-21-12-24-44(48(41)57-47(35)40)55-42-22-9-7-17-36(42)37-18-8-10-23-43(37)55/h1-30H. The van der Waals surface area contributed by atoms with Crippen LogP contribution in [0, 0.1) is 0 Å². The van der Waals surface area contributed by atoms with Crippen LogP contribution in [-0.4, -0.2) is 19.5 Å². The van der Waals surface area contributed by atoms with Gasteiger partial charge in [0.25, 0.3) is 0 Å². The van der Waals surface area contributed by atoms with Crippen LogP contribution in [-0.2, 0) is 0 Å². The Hall–Kier alpha value is -7.41. The molecule has 12 aromatic rings. The van der Waals surface area contributed by atoms with Crippen molar-refractivity contribution in [1.82, 2.24) is 19.5 Å². The molecular weight excluding hydrogens is 717 g/mol. The summed E-state index contributed by atoms with van der Waals surface area (Å²) in [7, 11) is 0. The lowest BCUT2D eigenvalue weighted by atomic mass is 10.0. The minimum Gasteiger partial charge on any atom is -0.456 e. The Bertz CT molecular complexity index is 3420. The highest BCUT2D eigenvalue weighted by atomic mass is 32.1. The smallest absolute Gasteiger partial charge is 0.164 e. The van der Waals surface area contributed by atoms with E-state index in [2.05, 4.69) is 126 Å². The maximum Gasteiger partial charge on any atom is 0.164 e. The molecule has 0 bridgehead atoms. The first kappa shape index (κ1) is 31.9. The third-order valence-corrected chi connectivity index (χ3v) is 12.3. The summed E-state index contributed by atoms with van der Waals surface area (Å²) >= 11 is 1.86. The second-order valence-corrected chi connectivity index (χ2v) is 15.4. The number of furan rings is 1. The Morgan fingerprint density at radius 2 is 0.860 bits per heavy atom. The lowest BCUT2D eigenvalue weighted by molar-refractivity contribution is 0.669. The van der Waals surface area contributed by atoms with E-state index in [0.717, 1.165) is 44.2 Å². The molecule has 6 heteroatoms. The van der Waals surface area contributed by atoms with Gasteiger partial charge in [-0.25, -0.2) is 15.0 Å². The maximum atomic E-state index is 6.66. The van der Waals surface area contributed by atoms with Gasteiger partial charge < -0.3 is 8.98 Å². The average molecular weight is 747 g/mol. The Labute approximate surface area is 330 Å². The molecule has 0 radical (unpaired) electrons. The fourth-order valence-electron chi connectivity index (χ4n) is 8.41. The maximum absolute atomic E-state index is 6.66. The van der Waals surface area contributed by atoms with Crippen molar-refractivity contribution >= 4 is 75.3 Å². The molecule has 5 nitrogen and oxygen atoms in total. The van der Waals surface area contributed by atoms with Gasteiger partial charge >= 0.3 is 0 Å². The number of fused-ring (bicyclic) bond motifs is 9. The van der Waals surface area contributed by atoms with E-state index in [0.29, 0.717) is 17.5 Å². The minimum absolute atomic E-state index is 0.600. The molecule has 0 saturated heterocycles. The number of hydrogen-bond donors (Lipinski definition) is 0. The molecule has 0 fully saturated rings. The molecule has 4 aromatic heterocycles. The zero-order chi connectivity index (χ0) is 37.5. The molecule has 266 valence electrons. The molecule has 0 saturated carbocycles. The Morgan fingerprint density at radius 1 is 0.368 bits per heavy atom. The molecule has 0 spiro atoms. The van der Waals surface area contributed by atoms with Crippen LogP contribution in [0.5, 0.6) is 0 Å². The molecule has 0 aliphatic rings. The molecule has 8 aromatic carbocycles. The summed E-state index contributed by atoms with van der Waals surface area (Å²) in [5, 5.41) is 7.17. The largest absolute Gasteiger partial charge is 0.456 e. The predicted molar refractivity (Wildman–Crippen MR) is 236 cm³/mol. The van der Waals surface area contributed by atoms with Gasteiger partial charge in [0.1, 0.15) is 11.2 Å². The van der Waals surface area contributed by atoms with Crippen LogP contribution in [0.25, 0.3) is 115 Å². The number of para-hydroxylation sites is 2. The highest BCUT2D eigenvalue weighted by molar-refractivity contribution is 7.26. The highest BCUT2D eigenvalue weighted by Crippen LogP contribution is 2.45. The zero-order valence-electron chi connectivity index (χ0n) is 30.4. The quantitative estimate of drug-likeness (QED) is 0.176. The van der Waals surface area contributed by atoms with E-state index in [4.69, 9.17) is 19.4 Å². The second kappa shape index (κ2) is 12.6. The molecule has 57 heavy (non-hydrogen) atoms. The summed E-state index contributed by atoms with van der Waals surface area (Å²) < 4.78 is 11.6. The first-order chi connectivity index (χ1) is 28.2. The van der Waals surface area contributed by atoms with Crippen LogP contribution < -0.4 is 0 Å². The molecule has 4 heterocycles. The van der Waals surface area contributed by atoms with Gasteiger partial charge in [-0.15, -0.1) is 11.3 Å². The number of hydrogen-bond acceptors (Lipinski definition) is 5. The van der Waals surface area contributed by atoms with Crippen molar-refractivity contribution in [3.05, 3.63) is 182 Å². The monoisotopic (exact) mass is 746 g/mol. The summed E-state index contributed by atoms with van der Waals surface area (Å²) in [6, 6.07) is 63.7. The van der Waals surface area contributed by atoms with Crippen molar-refractivity contribution in [3.63, 3.8) is 0 Å². The number of rotatable bonds is 5. The molecule has 0 amide bonds. The SMILES string of the molecule is c1ccc(-c2nc(-c3ccccc3)nc(-c3ccc4c(c3)oc3cc(-c5cccc6c5sc5c(-n7c8ccccc8c8ccccc87)cccc56)ccc34)n2)cc1. The van der Waals surface area contributed by atoms with Gasteiger partial charge in [0, 0.05) is 53.7 Å². The summed E-state index contributed by atoms with van der Waals surface area (Å²) in [6.07, 6.45) is 0. The Morgan fingerprint density at radius 3 is 1.49 bits per heavy atom. The fourth-order valence-corrected chi connectivity index (χ4v) is 9.75. The van der Waals surface area contributed by atoms with Crippen LogP contribution >= 0.6 is 11.3 Å². The van der Waals surface area contributed by atoms with Gasteiger partial charge in [0.15, 0.2) is 17.5 Å². The van der Waals surface area contributed by atoms with Crippen molar-refractivity contribution < 1.29 is 4.42 Å². The Balaban J connectivity index is 0.982. The van der Waals surface area contributed by atoms with Crippen molar-refractivity contribution in [2.75, 3.05) is 0 Å². The first-order valence-electron chi connectivity index (χ1n) is 19.0. The lowest BCUT2D eigenvalue weighted by Gasteiger charge is -2.09. The average Bonchev–Trinajstić information content (AvgIpc) is 3.96. The third-order valence-electron chi connectivity index (χ3n) is 11.1. The van der Waals surface area contributed by atoms with Crippen LogP contribution in [0.1, 0.15) is 0 Å². The van der Waals surface area contributed by atoms with Gasteiger partial charge in [0.05, 0.1) is 21.4 Å². The molecule has 0 aliphatic heterocycles. The van der Waals surface area contributed by atoms with Gasteiger partial charge in [-0.05, 0) is 53.6 Å². The van der Waals surface area contributed by atoms with Crippen LogP contribution in [0.4, 0.5) is 0 Å². The molecule has 0 atom stereocenters. The van der Waals surface area contributed by atoms with E-state index in [1.54, 1.807) is 0 Å². The molecule has 12 rings (SSSR count). The highest BCUT2D eigenvalue weighted by Gasteiger charge is 2.19. The van der Waals surface area contributed by atoms with Gasteiger partial charge in [0.2, 0.25) is 0 Å². The summed E-state index contributed by atoms with van der Waals surface area (Å²) in [5.74, 6) is 1.86. The molecule has 0 aliphatic carbocycles. The second-order valence-electron chi connectivity index (χ2n) is 14.4. The van der Waals surface area contributed by atoms with Gasteiger partial charge in [-0.3, -0.25) is 0 Å². The van der Waals surface area contributed by atoms with Crippen molar-refractivity contribution in [2.24, 2.45) is 0 Å². The summed E-state index contributed by atoms with van der Waals surface area (Å²) in [5.41, 5.74) is 10.3. The van der Waals surface area contributed by atoms with Crippen molar-refractivity contribution in [1.29, 1.82) is 0 Å². The van der Waals surface area contributed by atoms with E-state index < -0.39 is 0 Å². The third kappa shape index (κ3) is 5.04. The summed E-state index contributed by atoms with van der Waals surface area (Å²) in [6.45, 7) is 0. The fraction of sp³-hybridized carbons (Fsp3) is 0. The number of thiophene rings is 1. The van der Waals surface area contributed by atoms with Crippen LogP contribution in [0.3, 0.4) is 0 Å². The van der Waals surface area contributed by atoms with E-state index in [1.165, 1.54) is 53.2 Å². The van der Waals surface area contributed by atoms with Crippen molar-refractivity contribution in [2.45, 2.75) is 0 Å². The normalized spacial score (nSPS) is 11.9. The number of aromatic nitrogens is 4. The number of nitrogens with zero attached hydrogens (tertiary/aromatic N) is 4. The topological polar surface area (TPSA) is 56.7 Å². The molecule has 0 unspecified atom stereocenters. The Kier molecular flexibility index (Phi) is 7.03. The zero-order valence-corrected chi connectivity index (χ0v) is 31.2. The van der Waals surface area contributed by atoms with Gasteiger partial charge in [-0.1, -0.05) is 140 Å². The van der Waals surface area contributed by atoms with E-state index in [-0.39, 0.29) is 0 Å². The van der Waals surface area contributed by atoms with E-state index in [1.807, 2.05) is 72.0 Å². The minimum atomic E-state index is 0.600. The van der Waals surface area contributed by atoms with Crippen LogP contribution in [0.15, 0.2) is 186 Å².